The number of rotatable bonds is 0. The summed E-state index contributed by atoms with van der Waals surface area (Å²) in [5.74, 6) is 2.99. The highest BCUT2D eigenvalue weighted by Crippen LogP contribution is 2.58. The topological polar surface area (TPSA) is 18.5 Å². The molecule has 3 rings (SSSR count). The molecule has 14 heavy (non-hydrogen) atoms. The van der Waals surface area contributed by atoms with Crippen LogP contribution in [-0.2, 0) is 9.47 Å². The van der Waals surface area contributed by atoms with Crippen LogP contribution < -0.4 is 0 Å². The Morgan fingerprint density at radius 2 is 2.00 bits per heavy atom. The van der Waals surface area contributed by atoms with Crippen LogP contribution in [0.1, 0.15) is 33.6 Å². The average molecular weight is 196 g/mol. The van der Waals surface area contributed by atoms with Crippen molar-refractivity contribution >= 4 is 0 Å². The number of hydrogen-bond acceptors (Lipinski definition) is 2. The van der Waals surface area contributed by atoms with Crippen LogP contribution >= 0.6 is 0 Å². The molecule has 1 saturated heterocycles. The van der Waals surface area contributed by atoms with E-state index in [0.717, 1.165) is 30.3 Å². The van der Waals surface area contributed by atoms with Gasteiger partial charge in [-0.3, -0.25) is 0 Å². The van der Waals surface area contributed by atoms with Gasteiger partial charge in [0.05, 0.1) is 12.7 Å². The summed E-state index contributed by atoms with van der Waals surface area (Å²) in [6.45, 7) is 7.38. The zero-order valence-electron chi connectivity index (χ0n) is 9.32. The van der Waals surface area contributed by atoms with Gasteiger partial charge in [-0.2, -0.15) is 0 Å². The molecule has 0 aromatic heterocycles. The fourth-order valence-electron chi connectivity index (χ4n) is 3.53. The Labute approximate surface area is 86.0 Å². The second-order valence-corrected chi connectivity index (χ2v) is 5.87. The van der Waals surface area contributed by atoms with Gasteiger partial charge in [-0.15, -0.1) is 0 Å². The molecule has 1 aliphatic heterocycles. The van der Waals surface area contributed by atoms with Crippen LogP contribution in [0.4, 0.5) is 0 Å². The summed E-state index contributed by atoms with van der Waals surface area (Å²) in [7, 11) is 0. The Hall–Kier alpha value is -0.0800. The molecule has 2 nitrogen and oxygen atoms in total. The standard InChI is InChI=1S/C12H20O2/c1-7-4-8-6-13-12(2,3)14-11-9(5-7)10(8)11/h7-11H,4-6H2,1-3H3. The van der Waals surface area contributed by atoms with Gasteiger partial charge in [0.2, 0.25) is 0 Å². The first-order valence-electron chi connectivity index (χ1n) is 5.88. The molecule has 80 valence electrons. The van der Waals surface area contributed by atoms with Gasteiger partial charge in [0.15, 0.2) is 5.79 Å². The third kappa shape index (κ3) is 1.31. The van der Waals surface area contributed by atoms with E-state index in [1.807, 2.05) is 13.8 Å². The van der Waals surface area contributed by atoms with Crippen molar-refractivity contribution in [3.05, 3.63) is 0 Å². The summed E-state index contributed by atoms with van der Waals surface area (Å²) in [4.78, 5) is 0. The first-order chi connectivity index (χ1) is 6.57. The predicted molar refractivity (Wildman–Crippen MR) is 53.8 cm³/mol. The lowest BCUT2D eigenvalue weighted by Crippen LogP contribution is -2.31. The molecule has 0 spiro atoms. The van der Waals surface area contributed by atoms with Crippen LogP contribution in [0.5, 0.6) is 0 Å². The van der Waals surface area contributed by atoms with Crippen molar-refractivity contribution < 1.29 is 9.47 Å². The molecule has 3 fully saturated rings. The van der Waals surface area contributed by atoms with Gasteiger partial charge in [-0.1, -0.05) is 6.92 Å². The second-order valence-electron chi connectivity index (χ2n) is 5.87. The zero-order valence-corrected chi connectivity index (χ0v) is 9.32. The lowest BCUT2D eigenvalue weighted by Gasteiger charge is -2.29. The van der Waals surface area contributed by atoms with Crippen molar-refractivity contribution in [3.8, 4) is 0 Å². The molecule has 0 amide bonds. The van der Waals surface area contributed by atoms with E-state index < -0.39 is 0 Å². The Morgan fingerprint density at radius 3 is 2.79 bits per heavy atom. The fraction of sp³-hybridized carbons (Fsp3) is 1.00. The third-order valence-corrected chi connectivity index (χ3v) is 4.14. The van der Waals surface area contributed by atoms with Crippen molar-refractivity contribution in [2.24, 2.45) is 23.7 Å². The van der Waals surface area contributed by atoms with Crippen LogP contribution in [0.25, 0.3) is 0 Å². The Balaban J connectivity index is 1.80. The van der Waals surface area contributed by atoms with Crippen LogP contribution in [0.2, 0.25) is 0 Å². The zero-order chi connectivity index (χ0) is 9.92. The minimum Gasteiger partial charge on any atom is -0.350 e. The normalized spacial score (nSPS) is 54.6. The van der Waals surface area contributed by atoms with Crippen molar-refractivity contribution in [3.63, 3.8) is 0 Å². The van der Waals surface area contributed by atoms with E-state index >= 15 is 0 Å². The van der Waals surface area contributed by atoms with E-state index in [1.165, 1.54) is 12.8 Å². The van der Waals surface area contributed by atoms with Gasteiger partial charge in [-0.05, 0) is 50.4 Å². The van der Waals surface area contributed by atoms with Gasteiger partial charge in [0.1, 0.15) is 0 Å². The smallest absolute Gasteiger partial charge is 0.163 e. The molecule has 3 aliphatic rings. The van der Waals surface area contributed by atoms with E-state index in [2.05, 4.69) is 6.92 Å². The first kappa shape index (κ1) is 9.17. The van der Waals surface area contributed by atoms with Crippen LogP contribution in [0, 0.1) is 23.7 Å². The summed E-state index contributed by atoms with van der Waals surface area (Å²) in [5, 5.41) is 0. The van der Waals surface area contributed by atoms with E-state index in [9.17, 15) is 0 Å². The monoisotopic (exact) mass is 196 g/mol. The highest BCUT2D eigenvalue weighted by atomic mass is 16.7. The molecular weight excluding hydrogens is 176 g/mol. The average Bonchev–Trinajstić information content (AvgIpc) is 2.75. The van der Waals surface area contributed by atoms with E-state index in [-0.39, 0.29) is 5.79 Å². The third-order valence-electron chi connectivity index (χ3n) is 4.14. The SMILES string of the molecule is CC1CC2COC(C)(C)OC3C(C1)C23. The summed E-state index contributed by atoms with van der Waals surface area (Å²) in [6.07, 6.45) is 3.24. The maximum absolute atomic E-state index is 6.01. The summed E-state index contributed by atoms with van der Waals surface area (Å²) in [5.41, 5.74) is 0. The minimum atomic E-state index is -0.340. The van der Waals surface area contributed by atoms with Gasteiger partial charge in [-0.25, -0.2) is 0 Å². The van der Waals surface area contributed by atoms with E-state index in [0.29, 0.717) is 6.10 Å². The highest BCUT2D eigenvalue weighted by molar-refractivity contribution is 5.07. The van der Waals surface area contributed by atoms with Gasteiger partial charge >= 0.3 is 0 Å². The quantitative estimate of drug-likeness (QED) is 0.592. The van der Waals surface area contributed by atoms with Crippen LogP contribution in [0.3, 0.4) is 0 Å². The van der Waals surface area contributed by atoms with Crippen LogP contribution in [-0.4, -0.2) is 18.5 Å². The molecule has 0 radical (unpaired) electrons. The Kier molecular flexibility index (Phi) is 1.79. The van der Waals surface area contributed by atoms with Gasteiger partial charge < -0.3 is 9.47 Å². The number of fused-ring (bicyclic) bond motifs is 1. The van der Waals surface area contributed by atoms with Gasteiger partial charge in [0.25, 0.3) is 0 Å². The maximum Gasteiger partial charge on any atom is 0.163 e. The molecule has 5 atom stereocenters. The largest absolute Gasteiger partial charge is 0.350 e. The fourth-order valence-corrected chi connectivity index (χ4v) is 3.53. The van der Waals surface area contributed by atoms with Crippen LogP contribution in [0.15, 0.2) is 0 Å². The first-order valence-corrected chi connectivity index (χ1v) is 5.88. The predicted octanol–water partition coefficient (Wildman–Crippen LogP) is 2.43. The van der Waals surface area contributed by atoms with Crippen molar-refractivity contribution in [2.75, 3.05) is 6.61 Å². The highest BCUT2D eigenvalue weighted by Gasteiger charge is 2.61. The van der Waals surface area contributed by atoms with E-state index in [1.54, 1.807) is 0 Å². The molecule has 0 aromatic rings. The summed E-state index contributed by atoms with van der Waals surface area (Å²) < 4.78 is 11.8. The summed E-state index contributed by atoms with van der Waals surface area (Å²) in [6, 6.07) is 0. The number of ether oxygens (including phenoxy) is 2. The Bertz CT molecular complexity index is 249. The number of hydrogen-bond donors (Lipinski definition) is 0. The molecule has 5 unspecified atom stereocenters. The molecule has 2 saturated carbocycles. The van der Waals surface area contributed by atoms with Gasteiger partial charge in [0, 0.05) is 0 Å². The van der Waals surface area contributed by atoms with Crippen molar-refractivity contribution in [1.29, 1.82) is 0 Å². The molecule has 2 aliphatic carbocycles. The van der Waals surface area contributed by atoms with E-state index in [4.69, 9.17) is 9.47 Å². The molecule has 0 bridgehead atoms. The Morgan fingerprint density at radius 1 is 1.21 bits per heavy atom. The minimum absolute atomic E-state index is 0.340. The molecule has 1 heterocycles. The lowest BCUT2D eigenvalue weighted by molar-refractivity contribution is -0.218. The lowest BCUT2D eigenvalue weighted by atomic mass is 9.83. The maximum atomic E-state index is 6.01. The molecule has 0 aromatic carbocycles. The molecule has 0 N–H and O–H groups in total. The molecular formula is C12H20O2. The second kappa shape index (κ2) is 2.73. The van der Waals surface area contributed by atoms with Crippen molar-refractivity contribution in [2.45, 2.75) is 45.5 Å². The summed E-state index contributed by atoms with van der Waals surface area (Å²) >= 11 is 0. The molecule has 2 heteroatoms. The van der Waals surface area contributed by atoms with Crippen molar-refractivity contribution in [1.82, 2.24) is 0 Å².